The smallest absolute Gasteiger partial charge is 0.277 e. The van der Waals surface area contributed by atoms with E-state index in [2.05, 4.69) is 20.0 Å². The zero-order chi connectivity index (χ0) is 11.5. The van der Waals surface area contributed by atoms with E-state index in [-0.39, 0.29) is 11.4 Å². The number of hydrogen-bond donors (Lipinski definition) is 1. The lowest BCUT2D eigenvalue weighted by molar-refractivity contribution is 0.101. The highest BCUT2D eigenvalue weighted by molar-refractivity contribution is 6.02. The fourth-order valence-electron chi connectivity index (χ4n) is 1.02. The van der Waals surface area contributed by atoms with Crippen molar-refractivity contribution in [2.45, 2.75) is 0 Å². The summed E-state index contributed by atoms with van der Waals surface area (Å²) >= 11 is 0. The molecule has 0 aromatic carbocycles. The minimum Gasteiger partial charge on any atom is -0.364 e. The first-order valence-electron chi connectivity index (χ1n) is 4.20. The second-order valence-corrected chi connectivity index (χ2v) is 2.81. The molecule has 0 atom stereocenters. The van der Waals surface area contributed by atoms with Crippen molar-refractivity contribution >= 4 is 11.6 Å². The largest absolute Gasteiger partial charge is 0.364 e. The van der Waals surface area contributed by atoms with Gasteiger partial charge in [-0.1, -0.05) is 5.16 Å². The SMILES string of the molecule is O=C(Nc1ccc(F)nc1F)c1ccon1. The Morgan fingerprint density at radius 1 is 1.31 bits per heavy atom. The first-order chi connectivity index (χ1) is 7.66. The van der Waals surface area contributed by atoms with E-state index >= 15 is 0 Å². The predicted molar refractivity (Wildman–Crippen MR) is 48.6 cm³/mol. The molecule has 0 saturated heterocycles. The summed E-state index contributed by atoms with van der Waals surface area (Å²) in [7, 11) is 0. The molecular formula is C9H5F2N3O2. The van der Waals surface area contributed by atoms with Crippen molar-refractivity contribution in [3.05, 3.63) is 42.1 Å². The molecular weight excluding hydrogens is 220 g/mol. The van der Waals surface area contributed by atoms with Crippen molar-refractivity contribution in [1.29, 1.82) is 0 Å². The Morgan fingerprint density at radius 3 is 2.75 bits per heavy atom. The fraction of sp³-hybridized carbons (Fsp3) is 0. The summed E-state index contributed by atoms with van der Waals surface area (Å²) in [6.45, 7) is 0. The number of halogens is 2. The molecule has 0 aliphatic carbocycles. The number of rotatable bonds is 2. The maximum Gasteiger partial charge on any atom is 0.277 e. The van der Waals surface area contributed by atoms with Gasteiger partial charge in [0.1, 0.15) is 6.26 Å². The van der Waals surface area contributed by atoms with E-state index < -0.39 is 17.8 Å². The van der Waals surface area contributed by atoms with Gasteiger partial charge in [0, 0.05) is 6.07 Å². The number of nitrogens with one attached hydrogen (secondary N) is 1. The molecule has 1 amide bonds. The highest BCUT2D eigenvalue weighted by atomic mass is 19.1. The Bertz CT molecular complexity index is 513. The third-order valence-electron chi connectivity index (χ3n) is 1.73. The molecule has 0 unspecified atom stereocenters. The second-order valence-electron chi connectivity index (χ2n) is 2.81. The maximum absolute atomic E-state index is 13.0. The van der Waals surface area contributed by atoms with Gasteiger partial charge >= 0.3 is 0 Å². The number of carbonyl (C=O) groups excluding carboxylic acids is 1. The fourth-order valence-corrected chi connectivity index (χ4v) is 1.02. The third kappa shape index (κ3) is 2.02. The van der Waals surface area contributed by atoms with Crippen molar-refractivity contribution in [1.82, 2.24) is 10.1 Å². The molecule has 0 aliphatic rings. The average molecular weight is 225 g/mol. The summed E-state index contributed by atoms with van der Waals surface area (Å²) in [5.41, 5.74) is -0.238. The van der Waals surface area contributed by atoms with Crippen molar-refractivity contribution in [3.63, 3.8) is 0 Å². The lowest BCUT2D eigenvalue weighted by Gasteiger charge is -2.02. The molecule has 0 fully saturated rings. The molecule has 2 rings (SSSR count). The molecule has 7 heteroatoms. The van der Waals surface area contributed by atoms with Gasteiger partial charge in [-0.25, -0.2) is 0 Å². The van der Waals surface area contributed by atoms with Gasteiger partial charge in [0.05, 0.1) is 5.69 Å². The minimum atomic E-state index is -1.10. The van der Waals surface area contributed by atoms with Crippen molar-refractivity contribution in [3.8, 4) is 0 Å². The molecule has 2 aromatic rings. The zero-order valence-electron chi connectivity index (χ0n) is 7.78. The molecule has 0 radical (unpaired) electrons. The number of hydrogen-bond acceptors (Lipinski definition) is 4. The van der Waals surface area contributed by atoms with Gasteiger partial charge in [-0.15, -0.1) is 0 Å². The number of pyridine rings is 1. The normalized spacial score (nSPS) is 10.1. The van der Waals surface area contributed by atoms with E-state index in [4.69, 9.17) is 0 Å². The average Bonchev–Trinajstić information content (AvgIpc) is 2.75. The number of carbonyl (C=O) groups is 1. The first-order valence-corrected chi connectivity index (χ1v) is 4.20. The molecule has 0 spiro atoms. The van der Waals surface area contributed by atoms with Gasteiger partial charge in [0.25, 0.3) is 5.91 Å². The van der Waals surface area contributed by atoms with Crippen LogP contribution < -0.4 is 5.32 Å². The Labute approximate surface area is 88.1 Å². The molecule has 0 aliphatic heterocycles. The standard InChI is InChI=1S/C9H5F2N3O2/c10-7-2-1-5(8(11)13-7)12-9(15)6-3-4-16-14-6/h1-4H,(H,12,15). The zero-order valence-corrected chi connectivity index (χ0v) is 7.78. The highest BCUT2D eigenvalue weighted by Crippen LogP contribution is 2.12. The summed E-state index contributed by atoms with van der Waals surface area (Å²) in [5, 5.41) is 5.53. The second kappa shape index (κ2) is 4.05. The van der Waals surface area contributed by atoms with Crippen LogP contribution in [-0.2, 0) is 0 Å². The predicted octanol–water partition coefficient (Wildman–Crippen LogP) is 1.60. The summed E-state index contributed by atoms with van der Waals surface area (Å²) in [6, 6.07) is 3.31. The Kier molecular flexibility index (Phi) is 2.59. The number of nitrogens with zero attached hydrogens (tertiary/aromatic N) is 2. The van der Waals surface area contributed by atoms with Gasteiger partial charge in [-0.3, -0.25) is 4.79 Å². The van der Waals surface area contributed by atoms with Crippen molar-refractivity contribution in [2.24, 2.45) is 0 Å². The van der Waals surface area contributed by atoms with E-state index in [1.165, 1.54) is 12.3 Å². The molecule has 0 saturated carbocycles. The summed E-state index contributed by atoms with van der Waals surface area (Å²) in [5.74, 6) is -2.73. The van der Waals surface area contributed by atoms with Crippen LogP contribution in [0.1, 0.15) is 10.5 Å². The van der Waals surface area contributed by atoms with Crippen molar-refractivity contribution in [2.75, 3.05) is 5.32 Å². The van der Waals surface area contributed by atoms with E-state index in [0.717, 1.165) is 12.1 Å². The van der Waals surface area contributed by atoms with Crippen LogP contribution in [0.3, 0.4) is 0 Å². The summed E-state index contributed by atoms with van der Waals surface area (Å²) < 4.78 is 30.0. The van der Waals surface area contributed by atoms with E-state index in [9.17, 15) is 13.6 Å². The van der Waals surface area contributed by atoms with Gasteiger partial charge in [0.2, 0.25) is 11.9 Å². The van der Waals surface area contributed by atoms with Crippen LogP contribution in [0.15, 0.2) is 29.0 Å². The Balaban J connectivity index is 2.18. The Hall–Kier alpha value is -2.31. The monoisotopic (exact) mass is 225 g/mol. The highest BCUT2D eigenvalue weighted by Gasteiger charge is 2.12. The van der Waals surface area contributed by atoms with Crippen molar-refractivity contribution < 1.29 is 18.1 Å². The summed E-state index contributed by atoms with van der Waals surface area (Å²) in [6.07, 6.45) is 1.20. The third-order valence-corrected chi connectivity index (χ3v) is 1.73. The molecule has 2 heterocycles. The minimum absolute atomic E-state index is 0.0104. The summed E-state index contributed by atoms with van der Waals surface area (Å²) in [4.78, 5) is 14.3. The number of anilines is 1. The van der Waals surface area contributed by atoms with E-state index in [1.54, 1.807) is 0 Å². The van der Waals surface area contributed by atoms with Gasteiger partial charge < -0.3 is 9.84 Å². The van der Waals surface area contributed by atoms with Crippen LogP contribution in [-0.4, -0.2) is 16.0 Å². The van der Waals surface area contributed by atoms with E-state index in [0.29, 0.717) is 0 Å². The van der Waals surface area contributed by atoms with E-state index in [1.807, 2.05) is 0 Å². The molecule has 82 valence electrons. The lowest BCUT2D eigenvalue weighted by atomic mass is 10.3. The van der Waals surface area contributed by atoms with Gasteiger partial charge in [0.15, 0.2) is 5.69 Å². The van der Waals surface area contributed by atoms with Crippen LogP contribution >= 0.6 is 0 Å². The van der Waals surface area contributed by atoms with Crippen LogP contribution in [0.25, 0.3) is 0 Å². The molecule has 2 aromatic heterocycles. The van der Waals surface area contributed by atoms with Crippen LogP contribution in [0.4, 0.5) is 14.5 Å². The quantitative estimate of drug-likeness (QED) is 0.788. The molecule has 1 N–H and O–H groups in total. The Morgan fingerprint density at radius 2 is 2.12 bits per heavy atom. The topological polar surface area (TPSA) is 68.0 Å². The number of amides is 1. The van der Waals surface area contributed by atoms with Crippen LogP contribution in [0, 0.1) is 11.9 Å². The molecule has 16 heavy (non-hydrogen) atoms. The van der Waals surface area contributed by atoms with Crippen LogP contribution in [0.2, 0.25) is 0 Å². The lowest BCUT2D eigenvalue weighted by Crippen LogP contribution is -2.14. The maximum atomic E-state index is 13.0. The molecule has 5 nitrogen and oxygen atoms in total. The van der Waals surface area contributed by atoms with Gasteiger partial charge in [-0.05, 0) is 12.1 Å². The number of aromatic nitrogens is 2. The first kappa shape index (κ1) is 10.2. The van der Waals surface area contributed by atoms with Gasteiger partial charge in [-0.2, -0.15) is 13.8 Å². The molecule has 0 bridgehead atoms. The van der Waals surface area contributed by atoms with Crippen LogP contribution in [0.5, 0.6) is 0 Å².